The molecule has 98 valence electrons. The first kappa shape index (κ1) is 14.6. The average Bonchev–Trinajstić information content (AvgIpc) is 2.43. The minimum Gasteiger partial charge on any atom is -0.321 e. The Labute approximate surface area is 107 Å². The van der Waals surface area contributed by atoms with Crippen LogP contribution in [-0.4, -0.2) is 19.7 Å². The van der Waals surface area contributed by atoms with E-state index in [1.165, 1.54) is 17.6 Å². The highest BCUT2D eigenvalue weighted by Gasteiger charge is 2.25. The summed E-state index contributed by atoms with van der Waals surface area (Å²) in [5.74, 6) is 0.241. The van der Waals surface area contributed by atoms with Crippen LogP contribution in [0.3, 0.4) is 0 Å². The fourth-order valence-electron chi connectivity index (χ4n) is 1.52. The zero-order chi connectivity index (χ0) is 13.4. The van der Waals surface area contributed by atoms with Crippen LogP contribution < -0.4 is 5.73 Å². The maximum absolute atomic E-state index is 11.3. The lowest BCUT2D eigenvalue weighted by Crippen LogP contribution is -2.28. The Morgan fingerprint density at radius 2 is 1.94 bits per heavy atom. The predicted octanol–water partition coefficient (Wildman–Crippen LogP) is 2.00. The molecule has 1 rings (SSSR count). The monoisotopic (exact) mass is 276 g/mol. The molecule has 0 unspecified atom stereocenters. The fourth-order valence-corrected chi connectivity index (χ4v) is 3.94. The summed E-state index contributed by atoms with van der Waals surface area (Å²) in [6, 6.07) is 0. The number of nitrogens with two attached hydrogens (primary N) is 1. The molecular weight excluding hydrogens is 256 g/mol. The highest BCUT2D eigenvalue weighted by molar-refractivity contribution is 7.90. The maximum atomic E-state index is 11.3. The second-order valence-corrected chi connectivity index (χ2v) is 8.49. The molecule has 0 radical (unpaired) electrons. The normalized spacial score (nSPS) is 13.4. The van der Waals surface area contributed by atoms with Gasteiger partial charge in [0.25, 0.3) is 0 Å². The quantitative estimate of drug-likeness (QED) is 0.913. The van der Waals surface area contributed by atoms with Crippen molar-refractivity contribution in [2.45, 2.75) is 44.9 Å². The topological polar surface area (TPSA) is 73.0 Å². The van der Waals surface area contributed by atoms with Crippen molar-refractivity contribution in [3.05, 3.63) is 15.6 Å². The molecule has 2 N–H and O–H groups in total. The third-order valence-corrected chi connectivity index (χ3v) is 4.61. The van der Waals surface area contributed by atoms with E-state index >= 15 is 0 Å². The summed E-state index contributed by atoms with van der Waals surface area (Å²) in [4.78, 5) is 5.40. The van der Waals surface area contributed by atoms with Crippen LogP contribution in [0.5, 0.6) is 0 Å². The van der Waals surface area contributed by atoms with Crippen LogP contribution in [0.2, 0.25) is 0 Å². The number of nitrogens with zero attached hydrogens (tertiary/aromatic N) is 1. The number of rotatable bonds is 4. The molecule has 0 aromatic carbocycles. The summed E-state index contributed by atoms with van der Waals surface area (Å²) >= 11 is 1.41. The minimum absolute atomic E-state index is 0.00648. The highest BCUT2D eigenvalue weighted by Crippen LogP contribution is 2.33. The molecule has 0 saturated heterocycles. The van der Waals surface area contributed by atoms with Crippen molar-refractivity contribution < 1.29 is 8.42 Å². The van der Waals surface area contributed by atoms with E-state index in [0.717, 1.165) is 10.6 Å². The molecule has 1 aromatic rings. The lowest BCUT2D eigenvalue weighted by molar-refractivity contribution is 0.553. The summed E-state index contributed by atoms with van der Waals surface area (Å²) < 4.78 is 22.6. The summed E-state index contributed by atoms with van der Waals surface area (Å²) in [6.07, 6.45) is 1.22. The Morgan fingerprint density at radius 3 is 2.24 bits per heavy atom. The highest BCUT2D eigenvalue weighted by atomic mass is 32.2. The van der Waals surface area contributed by atoms with Crippen molar-refractivity contribution in [1.29, 1.82) is 0 Å². The van der Waals surface area contributed by atoms with Crippen LogP contribution in [0.15, 0.2) is 0 Å². The Balaban J connectivity index is 3.23. The number of hydrogen-bond donors (Lipinski definition) is 1. The van der Waals surface area contributed by atoms with Gasteiger partial charge >= 0.3 is 0 Å². The van der Waals surface area contributed by atoms with E-state index in [2.05, 4.69) is 4.98 Å². The molecule has 1 aromatic heterocycles. The molecule has 0 fully saturated rings. The van der Waals surface area contributed by atoms with Gasteiger partial charge in [-0.05, 0) is 19.8 Å². The molecule has 6 heteroatoms. The van der Waals surface area contributed by atoms with Crippen molar-refractivity contribution >= 4 is 21.2 Å². The first-order valence-corrected chi connectivity index (χ1v) is 8.35. The molecule has 4 nitrogen and oxygen atoms in total. The first-order chi connectivity index (χ1) is 7.50. The molecule has 0 amide bonds. The van der Waals surface area contributed by atoms with Gasteiger partial charge in [0.05, 0.1) is 5.69 Å². The standard InChI is InChI=1S/C11H20N2O2S2/c1-7(2)9-10(11(3,4)12)16-8(13-9)6-17(5,14)15/h7H,6,12H2,1-5H3. The number of sulfone groups is 1. The van der Waals surface area contributed by atoms with Gasteiger partial charge in [-0.25, -0.2) is 13.4 Å². The second-order valence-electron chi connectivity index (χ2n) is 5.27. The molecule has 0 spiro atoms. The molecular formula is C11H20N2O2S2. The van der Waals surface area contributed by atoms with Gasteiger partial charge in [0.2, 0.25) is 0 Å². The fraction of sp³-hybridized carbons (Fsp3) is 0.727. The number of hydrogen-bond acceptors (Lipinski definition) is 5. The Morgan fingerprint density at radius 1 is 1.41 bits per heavy atom. The molecule has 0 aliphatic carbocycles. The van der Waals surface area contributed by atoms with Gasteiger partial charge in [0.1, 0.15) is 10.8 Å². The third kappa shape index (κ3) is 4.04. The zero-order valence-electron chi connectivity index (χ0n) is 10.9. The van der Waals surface area contributed by atoms with E-state index in [4.69, 9.17) is 5.73 Å². The van der Waals surface area contributed by atoms with E-state index in [-0.39, 0.29) is 11.7 Å². The molecule has 0 atom stereocenters. The predicted molar refractivity (Wildman–Crippen MR) is 72.0 cm³/mol. The van der Waals surface area contributed by atoms with E-state index < -0.39 is 15.4 Å². The molecule has 17 heavy (non-hydrogen) atoms. The Hall–Kier alpha value is -0.460. The van der Waals surface area contributed by atoms with Crippen LogP contribution >= 0.6 is 11.3 Å². The summed E-state index contributed by atoms with van der Waals surface area (Å²) in [6.45, 7) is 7.90. The van der Waals surface area contributed by atoms with Crippen molar-refractivity contribution in [2.24, 2.45) is 5.73 Å². The Kier molecular flexibility index (Phi) is 4.01. The molecule has 0 aliphatic heterocycles. The minimum atomic E-state index is -3.04. The van der Waals surface area contributed by atoms with E-state index in [1.54, 1.807) is 0 Å². The summed E-state index contributed by atoms with van der Waals surface area (Å²) in [7, 11) is -3.04. The van der Waals surface area contributed by atoms with Crippen LogP contribution in [-0.2, 0) is 21.1 Å². The average molecular weight is 276 g/mol. The SMILES string of the molecule is CC(C)c1nc(CS(C)(=O)=O)sc1C(C)(C)N. The van der Waals surface area contributed by atoms with Gasteiger partial charge in [0, 0.05) is 16.7 Å². The summed E-state index contributed by atoms with van der Waals surface area (Å²) in [5.41, 5.74) is 6.53. The molecule has 1 heterocycles. The zero-order valence-corrected chi connectivity index (χ0v) is 12.6. The van der Waals surface area contributed by atoms with Crippen molar-refractivity contribution in [3.63, 3.8) is 0 Å². The largest absolute Gasteiger partial charge is 0.321 e. The summed E-state index contributed by atoms with van der Waals surface area (Å²) in [5, 5.41) is 0.629. The number of thiazole rings is 1. The van der Waals surface area contributed by atoms with Gasteiger partial charge in [0.15, 0.2) is 9.84 Å². The van der Waals surface area contributed by atoms with Gasteiger partial charge in [-0.15, -0.1) is 11.3 Å². The van der Waals surface area contributed by atoms with Gasteiger partial charge < -0.3 is 5.73 Å². The van der Waals surface area contributed by atoms with E-state index in [1.807, 2.05) is 27.7 Å². The van der Waals surface area contributed by atoms with Crippen LogP contribution in [0.25, 0.3) is 0 Å². The Bertz CT molecular complexity index is 496. The smallest absolute Gasteiger partial charge is 0.153 e. The van der Waals surface area contributed by atoms with Gasteiger partial charge in [-0.1, -0.05) is 13.8 Å². The van der Waals surface area contributed by atoms with Crippen molar-refractivity contribution in [1.82, 2.24) is 4.98 Å². The van der Waals surface area contributed by atoms with Gasteiger partial charge in [-0.3, -0.25) is 0 Å². The van der Waals surface area contributed by atoms with Crippen LogP contribution in [0, 0.1) is 0 Å². The third-order valence-electron chi connectivity index (χ3n) is 2.22. The molecule has 0 bridgehead atoms. The van der Waals surface area contributed by atoms with E-state index in [9.17, 15) is 8.42 Å². The van der Waals surface area contributed by atoms with Crippen molar-refractivity contribution in [2.75, 3.05) is 6.26 Å². The maximum Gasteiger partial charge on any atom is 0.153 e. The van der Waals surface area contributed by atoms with Gasteiger partial charge in [-0.2, -0.15) is 0 Å². The van der Waals surface area contributed by atoms with E-state index in [0.29, 0.717) is 5.01 Å². The van der Waals surface area contributed by atoms with Crippen LogP contribution in [0.4, 0.5) is 0 Å². The van der Waals surface area contributed by atoms with Crippen LogP contribution in [0.1, 0.15) is 49.2 Å². The second kappa shape index (κ2) is 4.66. The number of aromatic nitrogens is 1. The van der Waals surface area contributed by atoms with Crippen molar-refractivity contribution in [3.8, 4) is 0 Å². The lowest BCUT2D eigenvalue weighted by atomic mass is 9.98. The molecule has 0 saturated carbocycles. The first-order valence-electron chi connectivity index (χ1n) is 5.47. The molecule has 0 aliphatic rings. The lowest BCUT2D eigenvalue weighted by Gasteiger charge is -2.19.